The summed E-state index contributed by atoms with van der Waals surface area (Å²) in [6.07, 6.45) is 1.81. The minimum Gasteiger partial charge on any atom is -0.497 e. The van der Waals surface area contributed by atoms with Gasteiger partial charge in [0.1, 0.15) is 11.5 Å². The molecule has 7 nitrogen and oxygen atoms in total. The smallest absolute Gasteiger partial charge is 0.261 e. The number of methoxy groups -OCH3 is 2. The molecule has 0 bridgehead atoms. The number of hydrogen-bond acceptors (Lipinski definition) is 6. The van der Waals surface area contributed by atoms with Gasteiger partial charge >= 0.3 is 0 Å². The average Bonchev–Trinajstić information content (AvgIpc) is 3.29. The monoisotopic (exact) mass is 407 g/mol. The lowest BCUT2D eigenvalue weighted by atomic mass is 9.96. The standard InChI is InChI=1S/C23H25N3O4/c1-15-13-17(28-2)10-11-18(15)23(27)26-12-6-7-16(14-26)21-24-22(30-25-21)19-8-4-5-9-20(19)29-3/h4-5,8-11,13,16H,6-7,12,14H2,1-3H3. The van der Waals surface area contributed by atoms with Crippen LogP contribution in [-0.2, 0) is 0 Å². The lowest BCUT2D eigenvalue weighted by Gasteiger charge is -2.31. The first-order valence-electron chi connectivity index (χ1n) is 10.0. The molecule has 3 aromatic rings. The molecule has 2 aromatic carbocycles. The van der Waals surface area contributed by atoms with Crippen LogP contribution >= 0.6 is 0 Å². The van der Waals surface area contributed by atoms with Crippen LogP contribution in [0.25, 0.3) is 11.5 Å². The highest BCUT2D eigenvalue weighted by Gasteiger charge is 2.29. The molecule has 1 amide bonds. The molecule has 0 N–H and O–H groups in total. The predicted octanol–water partition coefficient (Wildman–Crippen LogP) is 4.08. The Labute approximate surface area is 175 Å². The lowest BCUT2D eigenvalue weighted by Crippen LogP contribution is -2.39. The second-order valence-corrected chi connectivity index (χ2v) is 7.43. The van der Waals surface area contributed by atoms with Crippen LogP contribution in [0.4, 0.5) is 0 Å². The minimum absolute atomic E-state index is 0.0216. The first-order chi connectivity index (χ1) is 14.6. The van der Waals surface area contributed by atoms with Crippen molar-refractivity contribution in [2.45, 2.75) is 25.7 Å². The molecule has 1 aromatic heterocycles. The number of rotatable bonds is 5. The zero-order chi connectivity index (χ0) is 21.1. The van der Waals surface area contributed by atoms with E-state index in [2.05, 4.69) is 10.1 Å². The maximum Gasteiger partial charge on any atom is 0.261 e. The minimum atomic E-state index is 0.0216. The molecular formula is C23H25N3O4. The number of piperidine rings is 1. The molecule has 1 aliphatic rings. The van der Waals surface area contributed by atoms with E-state index in [0.29, 0.717) is 29.6 Å². The van der Waals surface area contributed by atoms with Gasteiger partial charge in [-0.2, -0.15) is 4.98 Å². The number of carbonyl (C=O) groups excluding carboxylic acids is 1. The molecule has 0 saturated carbocycles. The number of nitrogens with zero attached hydrogens (tertiary/aromatic N) is 3. The van der Waals surface area contributed by atoms with Crippen LogP contribution in [-0.4, -0.2) is 48.3 Å². The number of likely N-dealkylation sites (tertiary alicyclic amines) is 1. The van der Waals surface area contributed by atoms with Gasteiger partial charge < -0.3 is 18.9 Å². The largest absolute Gasteiger partial charge is 0.497 e. The molecule has 1 fully saturated rings. The number of amides is 1. The molecule has 2 heterocycles. The zero-order valence-corrected chi connectivity index (χ0v) is 17.4. The normalized spacial score (nSPS) is 16.4. The number of aryl methyl sites for hydroxylation is 1. The molecule has 0 spiro atoms. The number of hydrogen-bond donors (Lipinski definition) is 0. The summed E-state index contributed by atoms with van der Waals surface area (Å²) >= 11 is 0. The fourth-order valence-corrected chi connectivity index (χ4v) is 3.88. The van der Waals surface area contributed by atoms with Gasteiger partial charge in [-0.25, -0.2) is 0 Å². The number of para-hydroxylation sites is 1. The fraction of sp³-hybridized carbons (Fsp3) is 0.348. The van der Waals surface area contributed by atoms with E-state index < -0.39 is 0 Å². The van der Waals surface area contributed by atoms with E-state index in [1.54, 1.807) is 14.2 Å². The third kappa shape index (κ3) is 3.87. The first-order valence-corrected chi connectivity index (χ1v) is 10.0. The van der Waals surface area contributed by atoms with Crippen LogP contribution in [0.3, 0.4) is 0 Å². The molecule has 1 saturated heterocycles. The van der Waals surface area contributed by atoms with Crippen LogP contribution in [0, 0.1) is 6.92 Å². The van der Waals surface area contributed by atoms with Crippen LogP contribution < -0.4 is 9.47 Å². The molecule has 1 unspecified atom stereocenters. The van der Waals surface area contributed by atoms with Crippen molar-refractivity contribution in [2.75, 3.05) is 27.3 Å². The Bertz CT molecular complexity index is 1050. The van der Waals surface area contributed by atoms with Crippen molar-refractivity contribution in [3.63, 3.8) is 0 Å². The van der Waals surface area contributed by atoms with Crippen molar-refractivity contribution < 1.29 is 18.8 Å². The molecule has 0 aliphatic carbocycles. The van der Waals surface area contributed by atoms with Gasteiger partial charge in [0.05, 0.1) is 19.8 Å². The summed E-state index contributed by atoms with van der Waals surface area (Å²) in [5.41, 5.74) is 2.36. The fourth-order valence-electron chi connectivity index (χ4n) is 3.88. The van der Waals surface area contributed by atoms with Crippen LogP contribution in [0.15, 0.2) is 47.0 Å². The highest BCUT2D eigenvalue weighted by atomic mass is 16.5. The van der Waals surface area contributed by atoms with Gasteiger partial charge in [0.25, 0.3) is 11.8 Å². The van der Waals surface area contributed by atoms with Crippen molar-refractivity contribution in [3.05, 3.63) is 59.4 Å². The highest BCUT2D eigenvalue weighted by molar-refractivity contribution is 5.96. The zero-order valence-electron chi connectivity index (χ0n) is 17.4. The van der Waals surface area contributed by atoms with E-state index in [0.717, 1.165) is 36.3 Å². The lowest BCUT2D eigenvalue weighted by molar-refractivity contribution is 0.0703. The van der Waals surface area contributed by atoms with E-state index in [1.807, 2.05) is 54.3 Å². The maximum atomic E-state index is 13.1. The average molecular weight is 407 g/mol. The van der Waals surface area contributed by atoms with Gasteiger partial charge in [0.2, 0.25) is 0 Å². The Morgan fingerprint density at radius 3 is 2.77 bits per heavy atom. The van der Waals surface area contributed by atoms with Crippen LogP contribution in [0.5, 0.6) is 11.5 Å². The van der Waals surface area contributed by atoms with Crippen molar-refractivity contribution in [2.24, 2.45) is 0 Å². The highest BCUT2D eigenvalue weighted by Crippen LogP contribution is 2.32. The van der Waals surface area contributed by atoms with E-state index in [-0.39, 0.29) is 11.8 Å². The molecular weight excluding hydrogens is 382 g/mol. The summed E-state index contributed by atoms with van der Waals surface area (Å²) < 4.78 is 16.1. The Morgan fingerprint density at radius 1 is 1.17 bits per heavy atom. The van der Waals surface area contributed by atoms with E-state index in [1.165, 1.54) is 0 Å². The predicted molar refractivity (Wildman–Crippen MR) is 112 cm³/mol. The van der Waals surface area contributed by atoms with Gasteiger partial charge in [-0.05, 0) is 55.7 Å². The Morgan fingerprint density at radius 2 is 2.00 bits per heavy atom. The number of aromatic nitrogens is 2. The van der Waals surface area contributed by atoms with Crippen molar-refractivity contribution >= 4 is 5.91 Å². The maximum absolute atomic E-state index is 13.1. The molecule has 30 heavy (non-hydrogen) atoms. The van der Waals surface area contributed by atoms with Gasteiger partial charge in [0.15, 0.2) is 5.82 Å². The second kappa shape index (κ2) is 8.57. The second-order valence-electron chi connectivity index (χ2n) is 7.43. The topological polar surface area (TPSA) is 77.7 Å². The summed E-state index contributed by atoms with van der Waals surface area (Å²) in [5, 5.41) is 4.20. The van der Waals surface area contributed by atoms with E-state index >= 15 is 0 Å². The summed E-state index contributed by atoms with van der Waals surface area (Å²) in [4.78, 5) is 19.6. The summed E-state index contributed by atoms with van der Waals surface area (Å²) in [6, 6.07) is 13.1. The third-order valence-corrected chi connectivity index (χ3v) is 5.52. The Kier molecular flexibility index (Phi) is 5.70. The first kappa shape index (κ1) is 19.9. The molecule has 0 radical (unpaired) electrons. The van der Waals surface area contributed by atoms with Crippen LogP contribution in [0.1, 0.15) is 40.5 Å². The molecule has 156 valence electrons. The number of benzene rings is 2. The molecule has 7 heteroatoms. The van der Waals surface area contributed by atoms with Gasteiger partial charge in [-0.3, -0.25) is 4.79 Å². The quantitative estimate of drug-likeness (QED) is 0.634. The van der Waals surface area contributed by atoms with E-state index in [9.17, 15) is 4.79 Å². The third-order valence-electron chi connectivity index (χ3n) is 5.52. The van der Waals surface area contributed by atoms with Crippen molar-refractivity contribution in [3.8, 4) is 23.0 Å². The SMILES string of the molecule is COc1ccc(C(=O)N2CCCC(c3noc(-c4ccccc4OC)n3)C2)c(C)c1. The van der Waals surface area contributed by atoms with Gasteiger partial charge in [0, 0.05) is 24.6 Å². The summed E-state index contributed by atoms with van der Waals surface area (Å²) in [5.74, 6) is 2.54. The van der Waals surface area contributed by atoms with E-state index in [4.69, 9.17) is 14.0 Å². The molecule has 1 aliphatic heterocycles. The van der Waals surface area contributed by atoms with Crippen LogP contribution in [0.2, 0.25) is 0 Å². The van der Waals surface area contributed by atoms with Gasteiger partial charge in [-0.1, -0.05) is 17.3 Å². The number of carbonyl (C=O) groups is 1. The Balaban J connectivity index is 1.52. The summed E-state index contributed by atoms with van der Waals surface area (Å²) in [7, 11) is 3.23. The van der Waals surface area contributed by atoms with Crippen molar-refractivity contribution in [1.29, 1.82) is 0 Å². The Hall–Kier alpha value is -3.35. The molecule has 4 rings (SSSR count). The number of ether oxygens (including phenoxy) is 2. The van der Waals surface area contributed by atoms with Gasteiger partial charge in [-0.15, -0.1) is 0 Å². The van der Waals surface area contributed by atoms with Crippen molar-refractivity contribution in [1.82, 2.24) is 15.0 Å². The molecule has 1 atom stereocenters. The summed E-state index contributed by atoms with van der Waals surface area (Å²) in [6.45, 7) is 3.21.